The number of amides is 2. The number of nitrogens with one attached hydrogen (secondary N) is 1. The Bertz CT molecular complexity index is 1250. The summed E-state index contributed by atoms with van der Waals surface area (Å²) in [6.45, 7) is 0. The summed E-state index contributed by atoms with van der Waals surface area (Å²) in [6, 6.07) is 25.5. The molecular formula is C24H15NO4. The van der Waals surface area contributed by atoms with E-state index in [1.54, 1.807) is 30.3 Å². The molecule has 0 radical (unpaired) electrons. The molecule has 1 heterocycles. The monoisotopic (exact) mass is 381 g/mol. The van der Waals surface area contributed by atoms with Crippen LogP contribution in [0.15, 0.2) is 84.9 Å². The van der Waals surface area contributed by atoms with Gasteiger partial charge in [-0.25, -0.2) is 0 Å². The number of carbonyl (C=O) groups is 2. The van der Waals surface area contributed by atoms with Gasteiger partial charge in [-0.15, -0.1) is 0 Å². The number of hydrogen-bond acceptors (Lipinski definition) is 4. The van der Waals surface area contributed by atoms with Crippen LogP contribution in [0.2, 0.25) is 0 Å². The molecule has 0 unspecified atom stereocenters. The fourth-order valence-electron chi connectivity index (χ4n) is 3.45. The summed E-state index contributed by atoms with van der Waals surface area (Å²) in [4.78, 5) is 25.2. The summed E-state index contributed by atoms with van der Waals surface area (Å²) < 4.78 is 12.2. The van der Waals surface area contributed by atoms with Crippen molar-refractivity contribution in [3.63, 3.8) is 0 Å². The lowest BCUT2D eigenvalue weighted by molar-refractivity contribution is 0.0843. The number of benzene rings is 4. The average Bonchev–Trinajstić information content (AvgIpc) is 2.74. The van der Waals surface area contributed by atoms with Crippen LogP contribution in [0.4, 0.5) is 0 Å². The summed E-state index contributed by atoms with van der Waals surface area (Å²) >= 11 is 0. The molecule has 1 aliphatic heterocycles. The number of hydrogen-bond donors (Lipinski definition) is 1. The zero-order chi connectivity index (χ0) is 19.8. The van der Waals surface area contributed by atoms with Crippen LogP contribution < -0.4 is 14.8 Å². The van der Waals surface area contributed by atoms with Crippen LogP contribution in [-0.2, 0) is 0 Å². The molecule has 1 aliphatic rings. The SMILES string of the molecule is O=C1NC(=O)c2c(Oc3ccccc3)c(Oc3ccccc3)cc3cccc1c23. The molecule has 0 saturated carbocycles. The summed E-state index contributed by atoms with van der Waals surface area (Å²) in [7, 11) is 0. The van der Waals surface area contributed by atoms with Crippen LogP contribution in [0, 0.1) is 0 Å². The van der Waals surface area contributed by atoms with Crippen molar-refractivity contribution in [3.05, 3.63) is 96.1 Å². The Hall–Kier alpha value is -4.12. The van der Waals surface area contributed by atoms with Gasteiger partial charge in [0.05, 0.1) is 5.56 Å². The Kier molecular flexibility index (Phi) is 3.99. The minimum atomic E-state index is -0.511. The lowest BCUT2D eigenvalue weighted by atomic mass is 9.94. The molecule has 1 N–H and O–H groups in total. The molecule has 5 nitrogen and oxygen atoms in total. The molecular weight excluding hydrogens is 366 g/mol. The number of imide groups is 1. The Balaban J connectivity index is 1.78. The van der Waals surface area contributed by atoms with E-state index in [2.05, 4.69) is 5.32 Å². The minimum absolute atomic E-state index is 0.269. The molecule has 0 aromatic heterocycles. The number of carbonyl (C=O) groups excluding carboxylic acids is 2. The second-order valence-corrected chi connectivity index (χ2v) is 6.60. The third kappa shape index (κ3) is 2.99. The second kappa shape index (κ2) is 6.80. The molecule has 5 heteroatoms. The maximum atomic E-state index is 12.8. The van der Waals surface area contributed by atoms with Gasteiger partial charge in [0, 0.05) is 10.9 Å². The van der Waals surface area contributed by atoms with Gasteiger partial charge in [-0.3, -0.25) is 14.9 Å². The van der Waals surface area contributed by atoms with E-state index in [9.17, 15) is 9.59 Å². The van der Waals surface area contributed by atoms with Crippen molar-refractivity contribution in [2.45, 2.75) is 0 Å². The molecule has 0 saturated heterocycles. The van der Waals surface area contributed by atoms with Crippen LogP contribution in [0.1, 0.15) is 20.7 Å². The quantitative estimate of drug-likeness (QED) is 0.487. The Morgan fingerprint density at radius 1 is 0.655 bits per heavy atom. The maximum absolute atomic E-state index is 12.8. The highest BCUT2D eigenvalue weighted by Gasteiger charge is 2.31. The third-order valence-corrected chi connectivity index (χ3v) is 4.72. The number of para-hydroxylation sites is 2. The first-order valence-electron chi connectivity index (χ1n) is 9.12. The van der Waals surface area contributed by atoms with Gasteiger partial charge in [-0.05, 0) is 41.8 Å². The van der Waals surface area contributed by atoms with E-state index in [0.717, 1.165) is 5.39 Å². The summed E-state index contributed by atoms with van der Waals surface area (Å²) in [5, 5.41) is 3.69. The molecule has 4 aromatic carbocycles. The van der Waals surface area contributed by atoms with Crippen LogP contribution in [0.5, 0.6) is 23.0 Å². The molecule has 0 aliphatic carbocycles. The van der Waals surface area contributed by atoms with Crippen LogP contribution in [-0.4, -0.2) is 11.8 Å². The van der Waals surface area contributed by atoms with Crippen molar-refractivity contribution in [2.24, 2.45) is 0 Å². The smallest absolute Gasteiger partial charge is 0.262 e. The summed E-state index contributed by atoms with van der Waals surface area (Å²) in [5.74, 6) is 0.899. The second-order valence-electron chi connectivity index (χ2n) is 6.60. The van der Waals surface area contributed by atoms with Gasteiger partial charge in [-0.2, -0.15) is 0 Å². The summed E-state index contributed by atoms with van der Waals surface area (Å²) in [5.41, 5.74) is 0.716. The Labute approximate surface area is 166 Å². The first-order valence-corrected chi connectivity index (χ1v) is 9.12. The highest BCUT2D eigenvalue weighted by atomic mass is 16.5. The first-order chi connectivity index (χ1) is 14.2. The molecule has 0 spiro atoms. The molecule has 4 aromatic rings. The largest absolute Gasteiger partial charge is 0.453 e. The van der Waals surface area contributed by atoms with E-state index in [0.29, 0.717) is 28.2 Å². The Morgan fingerprint density at radius 3 is 2.00 bits per heavy atom. The van der Waals surface area contributed by atoms with Gasteiger partial charge >= 0.3 is 0 Å². The van der Waals surface area contributed by atoms with Crippen molar-refractivity contribution in [2.75, 3.05) is 0 Å². The van der Waals surface area contributed by atoms with Crippen molar-refractivity contribution < 1.29 is 19.1 Å². The van der Waals surface area contributed by atoms with Gasteiger partial charge in [0.15, 0.2) is 11.5 Å². The molecule has 0 bridgehead atoms. The predicted molar refractivity (Wildman–Crippen MR) is 109 cm³/mol. The van der Waals surface area contributed by atoms with E-state index >= 15 is 0 Å². The first kappa shape index (κ1) is 17.0. The normalized spacial score (nSPS) is 12.6. The van der Waals surface area contributed by atoms with Crippen molar-refractivity contribution >= 4 is 22.6 Å². The molecule has 29 heavy (non-hydrogen) atoms. The number of ether oxygens (including phenoxy) is 2. The average molecular weight is 381 g/mol. The fourth-order valence-corrected chi connectivity index (χ4v) is 3.45. The molecule has 5 rings (SSSR count). The van der Waals surface area contributed by atoms with Gasteiger partial charge in [0.1, 0.15) is 11.5 Å². The highest BCUT2D eigenvalue weighted by molar-refractivity contribution is 6.27. The minimum Gasteiger partial charge on any atom is -0.453 e. The van der Waals surface area contributed by atoms with Gasteiger partial charge in [-0.1, -0.05) is 48.5 Å². The third-order valence-electron chi connectivity index (χ3n) is 4.72. The van der Waals surface area contributed by atoms with Gasteiger partial charge < -0.3 is 9.47 Å². The van der Waals surface area contributed by atoms with E-state index in [-0.39, 0.29) is 11.3 Å². The van der Waals surface area contributed by atoms with Crippen molar-refractivity contribution in [3.8, 4) is 23.0 Å². The number of rotatable bonds is 4. The summed E-state index contributed by atoms with van der Waals surface area (Å²) in [6.07, 6.45) is 0. The zero-order valence-corrected chi connectivity index (χ0v) is 15.2. The van der Waals surface area contributed by atoms with Crippen LogP contribution in [0.3, 0.4) is 0 Å². The van der Waals surface area contributed by atoms with Crippen molar-refractivity contribution in [1.82, 2.24) is 5.32 Å². The molecule has 0 fully saturated rings. The van der Waals surface area contributed by atoms with Crippen LogP contribution >= 0.6 is 0 Å². The van der Waals surface area contributed by atoms with Crippen LogP contribution in [0.25, 0.3) is 10.8 Å². The highest BCUT2D eigenvalue weighted by Crippen LogP contribution is 2.44. The molecule has 2 amide bonds. The van der Waals surface area contributed by atoms with E-state index in [1.807, 2.05) is 54.6 Å². The topological polar surface area (TPSA) is 64.6 Å². The lowest BCUT2D eigenvalue weighted by Crippen LogP contribution is -2.35. The standard InChI is InChI=1S/C24H15NO4/c26-23-18-13-7-8-15-14-19(28-16-9-3-1-4-10-16)22(21(20(15)18)24(27)25-23)29-17-11-5-2-6-12-17/h1-14H,(H,25,26,27). The zero-order valence-electron chi connectivity index (χ0n) is 15.2. The molecule has 140 valence electrons. The lowest BCUT2D eigenvalue weighted by Gasteiger charge is -2.22. The fraction of sp³-hybridized carbons (Fsp3) is 0. The van der Waals surface area contributed by atoms with Gasteiger partial charge in [0.2, 0.25) is 0 Å². The van der Waals surface area contributed by atoms with E-state index in [4.69, 9.17) is 9.47 Å². The molecule has 0 atom stereocenters. The van der Waals surface area contributed by atoms with Crippen molar-refractivity contribution in [1.29, 1.82) is 0 Å². The van der Waals surface area contributed by atoms with E-state index in [1.165, 1.54) is 0 Å². The maximum Gasteiger partial charge on any atom is 0.262 e. The predicted octanol–water partition coefficient (Wildman–Crippen LogP) is 5.31. The van der Waals surface area contributed by atoms with E-state index < -0.39 is 11.8 Å². The van der Waals surface area contributed by atoms with Gasteiger partial charge in [0.25, 0.3) is 11.8 Å². The Morgan fingerprint density at radius 2 is 1.31 bits per heavy atom.